The molecule has 1 heterocycles. The molecule has 0 radical (unpaired) electrons. The fraction of sp³-hybridized carbons (Fsp3) is 0.556. The van der Waals surface area contributed by atoms with Crippen LogP contribution in [-0.4, -0.2) is 50.3 Å². The van der Waals surface area contributed by atoms with Gasteiger partial charge in [-0.25, -0.2) is 0 Å². The van der Waals surface area contributed by atoms with Crippen molar-refractivity contribution in [1.29, 1.82) is 0 Å². The van der Waals surface area contributed by atoms with Gasteiger partial charge in [-0.15, -0.1) is 0 Å². The number of hydrogen-bond acceptors (Lipinski definition) is 7. The third-order valence-corrected chi connectivity index (χ3v) is 3.81. The van der Waals surface area contributed by atoms with E-state index in [1.54, 1.807) is 0 Å². The molecule has 0 spiro atoms. The first-order chi connectivity index (χ1) is 12.0. The number of methoxy groups -OCH3 is 1. The second-order valence-electron chi connectivity index (χ2n) is 5.79. The summed E-state index contributed by atoms with van der Waals surface area (Å²) < 4.78 is 27.4. The van der Waals surface area contributed by atoms with Gasteiger partial charge >= 0.3 is 11.9 Å². The van der Waals surface area contributed by atoms with Crippen molar-refractivity contribution in [1.82, 2.24) is 0 Å². The van der Waals surface area contributed by atoms with Crippen molar-refractivity contribution in [3.8, 4) is 0 Å². The minimum Gasteiger partial charge on any atom is -0.463 e. The zero-order chi connectivity index (χ0) is 18.2. The summed E-state index contributed by atoms with van der Waals surface area (Å²) in [6.07, 6.45) is -1.92. The molecular weight excluding hydrogens is 328 g/mol. The van der Waals surface area contributed by atoms with Gasteiger partial charge in [0.15, 0.2) is 12.4 Å². The molecule has 0 aromatic heterocycles. The minimum atomic E-state index is -0.688. The van der Waals surface area contributed by atoms with E-state index in [4.69, 9.17) is 23.7 Å². The number of rotatable bonds is 7. The second-order valence-corrected chi connectivity index (χ2v) is 5.79. The van der Waals surface area contributed by atoms with Crippen LogP contribution in [0, 0.1) is 0 Å². The second kappa shape index (κ2) is 9.50. The van der Waals surface area contributed by atoms with E-state index in [0.29, 0.717) is 13.0 Å². The summed E-state index contributed by atoms with van der Waals surface area (Å²) in [5.41, 5.74) is 1.00. The molecule has 7 nitrogen and oxygen atoms in total. The van der Waals surface area contributed by atoms with Crippen LogP contribution in [0.3, 0.4) is 0 Å². The standard InChI is InChI=1S/C18H24O7/c1-12(19)22-11-16-18(24-13(2)20)15(9-17(21-3)25-16)23-10-14-7-5-4-6-8-14/h4-8,15-18H,9-11H2,1-3H3/t15-,16+,17-,18+/m0/s1. The Labute approximate surface area is 147 Å². The van der Waals surface area contributed by atoms with Crippen LogP contribution in [-0.2, 0) is 39.9 Å². The van der Waals surface area contributed by atoms with Gasteiger partial charge in [0.2, 0.25) is 0 Å². The summed E-state index contributed by atoms with van der Waals surface area (Å²) in [5, 5.41) is 0. The van der Waals surface area contributed by atoms with Gasteiger partial charge in [-0.05, 0) is 5.56 Å². The van der Waals surface area contributed by atoms with Crippen LogP contribution in [0.5, 0.6) is 0 Å². The molecule has 0 unspecified atom stereocenters. The number of carbonyl (C=O) groups excluding carboxylic acids is 2. The lowest BCUT2D eigenvalue weighted by atomic mass is 10.0. The molecule has 0 bridgehead atoms. The summed E-state index contributed by atoms with van der Waals surface area (Å²) >= 11 is 0. The summed E-state index contributed by atoms with van der Waals surface area (Å²) in [5.74, 6) is -0.892. The number of carbonyl (C=O) groups is 2. The fourth-order valence-electron chi connectivity index (χ4n) is 2.66. The third kappa shape index (κ3) is 6.12. The zero-order valence-corrected chi connectivity index (χ0v) is 14.7. The van der Waals surface area contributed by atoms with Gasteiger partial charge in [0.25, 0.3) is 0 Å². The molecule has 0 saturated carbocycles. The molecule has 1 saturated heterocycles. The van der Waals surface area contributed by atoms with Crippen LogP contribution in [0.25, 0.3) is 0 Å². The first kappa shape index (κ1) is 19.4. The normalized spacial score (nSPS) is 26.0. The predicted octanol–water partition coefficient (Wildman–Crippen LogP) is 1.83. The summed E-state index contributed by atoms with van der Waals surface area (Å²) in [6.45, 7) is 2.94. The lowest BCUT2D eigenvalue weighted by Gasteiger charge is -2.40. The smallest absolute Gasteiger partial charge is 0.303 e. The van der Waals surface area contributed by atoms with Crippen LogP contribution in [0.1, 0.15) is 25.8 Å². The largest absolute Gasteiger partial charge is 0.463 e. The first-order valence-corrected chi connectivity index (χ1v) is 8.14. The third-order valence-electron chi connectivity index (χ3n) is 3.81. The Morgan fingerprint density at radius 3 is 2.48 bits per heavy atom. The Balaban J connectivity index is 2.09. The van der Waals surface area contributed by atoms with Crippen LogP contribution in [0.4, 0.5) is 0 Å². The van der Waals surface area contributed by atoms with Crippen molar-refractivity contribution < 1.29 is 33.3 Å². The lowest BCUT2D eigenvalue weighted by Crippen LogP contribution is -2.53. The van der Waals surface area contributed by atoms with Gasteiger partial charge in [0.05, 0.1) is 6.61 Å². The van der Waals surface area contributed by atoms with E-state index in [0.717, 1.165) is 5.56 Å². The van der Waals surface area contributed by atoms with Gasteiger partial charge in [0.1, 0.15) is 18.8 Å². The maximum atomic E-state index is 11.5. The average Bonchev–Trinajstić information content (AvgIpc) is 2.59. The van der Waals surface area contributed by atoms with Gasteiger partial charge in [-0.1, -0.05) is 30.3 Å². The van der Waals surface area contributed by atoms with Crippen LogP contribution >= 0.6 is 0 Å². The highest BCUT2D eigenvalue weighted by Crippen LogP contribution is 2.27. The van der Waals surface area contributed by atoms with E-state index in [1.807, 2.05) is 30.3 Å². The molecule has 1 fully saturated rings. The SMILES string of the molecule is CO[C@@H]1C[C@H](OCc2ccccc2)[C@@H](OC(C)=O)[C@@H](COC(C)=O)O1. The molecule has 0 aliphatic carbocycles. The summed E-state index contributed by atoms with van der Waals surface area (Å²) in [6, 6.07) is 9.67. The molecule has 0 N–H and O–H groups in total. The van der Waals surface area contributed by atoms with Gasteiger partial charge in [-0.3, -0.25) is 9.59 Å². The maximum absolute atomic E-state index is 11.5. The van der Waals surface area contributed by atoms with Crippen LogP contribution in [0.2, 0.25) is 0 Å². The van der Waals surface area contributed by atoms with E-state index in [2.05, 4.69) is 0 Å². The van der Waals surface area contributed by atoms with E-state index in [-0.39, 0.29) is 6.61 Å². The molecular formula is C18H24O7. The van der Waals surface area contributed by atoms with E-state index >= 15 is 0 Å². The van der Waals surface area contributed by atoms with Crippen molar-refractivity contribution in [3.63, 3.8) is 0 Å². The van der Waals surface area contributed by atoms with Crippen molar-refractivity contribution in [2.45, 2.75) is 51.5 Å². The minimum absolute atomic E-state index is 0.0433. The average molecular weight is 352 g/mol. The Bertz CT molecular complexity index is 560. The molecule has 138 valence electrons. The molecule has 1 aliphatic rings. The molecule has 2 rings (SSSR count). The molecule has 1 aromatic rings. The Morgan fingerprint density at radius 1 is 1.16 bits per heavy atom. The monoisotopic (exact) mass is 352 g/mol. The van der Waals surface area contributed by atoms with Crippen molar-refractivity contribution >= 4 is 11.9 Å². The fourth-order valence-corrected chi connectivity index (χ4v) is 2.66. The molecule has 4 atom stereocenters. The molecule has 0 amide bonds. The highest BCUT2D eigenvalue weighted by molar-refractivity contribution is 5.66. The molecule has 1 aliphatic heterocycles. The summed E-state index contributed by atoms with van der Waals surface area (Å²) in [7, 11) is 1.52. The van der Waals surface area contributed by atoms with Gasteiger partial charge in [0, 0.05) is 27.4 Å². The van der Waals surface area contributed by atoms with Crippen molar-refractivity contribution in [2.24, 2.45) is 0 Å². The predicted molar refractivity (Wildman–Crippen MR) is 87.5 cm³/mol. The maximum Gasteiger partial charge on any atom is 0.303 e. The highest BCUT2D eigenvalue weighted by atomic mass is 16.7. The molecule has 7 heteroatoms. The first-order valence-electron chi connectivity index (χ1n) is 8.14. The van der Waals surface area contributed by atoms with E-state index in [9.17, 15) is 9.59 Å². The van der Waals surface area contributed by atoms with E-state index < -0.39 is 36.5 Å². The Morgan fingerprint density at radius 2 is 1.88 bits per heavy atom. The quantitative estimate of drug-likeness (QED) is 0.693. The van der Waals surface area contributed by atoms with Gasteiger partial charge in [-0.2, -0.15) is 0 Å². The zero-order valence-electron chi connectivity index (χ0n) is 14.7. The molecule has 25 heavy (non-hydrogen) atoms. The van der Waals surface area contributed by atoms with Gasteiger partial charge < -0.3 is 23.7 Å². The highest BCUT2D eigenvalue weighted by Gasteiger charge is 2.42. The topological polar surface area (TPSA) is 80.3 Å². The number of hydrogen-bond donors (Lipinski definition) is 0. The Kier molecular flexibility index (Phi) is 7.36. The molecule has 1 aromatic carbocycles. The lowest BCUT2D eigenvalue weighted by molar-refractivity contribution is -0.264. The van der Waals surface area contributed by atoms with E-state index in [1.165, 1.54) is 21.0 Å². The number of ether oxygens (including phenoxy) is 5. The number of esters is 2. The van der Waals surface area contributed by atoms with Crippen LogP contribution in [0.15, 0.2) is 30.3 Å². The van der Waals surface area contributed by atoms with Crippen molar-refractivity contribution in [2.75, 3.05) is 13.7 Å². The number of benzene rings is 1. The summed E-state index contributed by atoms with van der Waals surface area (Å²) in [4.78, 5) is 22.6. The Hall–Kier alpha value is -1.96. The van der Waals surface area contributed by atoms with Crippen molar-refractivity contribution in [3.05, 3.63) is 35.9 Å². The van der Waals surface area contributed by atoms with Crippen LogP contribution < -0.4 is 0 Å².